The van der Waals surface area contributed by atoms with Crippen molar-refractivity contribution >= 4 is 5.91 Å². The average molecular weight is 255 g/mol. The number of rotatable bonds is 5. The Balaban J connectivity index is 2.65. The molecule has 3 unspecified atom stereocenters. The molecule has 4 nitrogen and oxygen atoms in total. The third-order valence-electron chi connectivity index (χ3n) is 3.86. The first-order valence-corrected chi connectivity index (χ1v) is 7.16. The van der Waals surface area contributed by atoms with E-state index in [0.29, 0.717) is 11.9 Å². The number of carbonyl (C=O) groups is 1. The van der Waals surface area contributed by atoms with E-state index in [4.69, 9.17) is 0 Å². The van der Waals surface area contributed by atoms with Gasteiger partial charge in [0.05, 0.1) is 5.92 Å². The van der Waals surface area contributed by atoms with Gasteiger partial charge in [-0.05, 0) is 54.3 Å². The Morgan fingerprint density at radius 1 is 1.44 bits per heavy atom. The Morgan fingerprint density at radius 2 is 2.11 bits per heavy atom. The average Bonchev–Trinajstić information content (AvgIpc) is 2.29. The summed E-state index contributed by atoms with van der Waals surface area (Å²) in [5.74, 6) is 0.481. The number of nitrogens with zero attached hydrogens (tertiary/aromatic N) is 2. The maximum absolute atomic E-state index is 12.6. The molecule has 0 aromatic carbocycles. The van der Waals surface area contributed by atoms with Crippen LogP contribution < -0.4 is 5.32 Å². The predicted octanol–water partition coefficient (Wildman–Crippen LogP) is 1.17. The fraction of sp³-hybridized carbons (Fsp3) is 0.929. The maximum Gasteiger partial charge on any atom is 0.227 e. The molecule has 0 aliphatic carbocycles. The Hall–Kier alpha value is -0.610. The van der Waals surface area contributed by atoms with Gasteiger partial charge in [-0.3, -0.25) is 4.79 Å². The van der Waals surface area contributed by atoms with Crippen LogP contribution in [0.5, 0.6) is 0 Å². The van der Waals surface area contributed by atoms with E-state index in [1.54, 1.807) is 0 Å². The molecule has 4 heteroatoms. The minimum absolute atomic E-state index is 0.156. The zero-order valence-corrected chi connectivity index (χ0v) is 12.6. The molecule has 1 aliphatic rings. The summed E-state index contributed by atoms with van der Waals surface area (Å²) in [6, 6.07) is 0.596. The van der Waals surface area contributed by atoms with Gasteiger partial charge >= 0.3 is 0 Å². The molecule has 1 fully saturated rings. The Bertz CT molecular complexity index is 268. The first kappa shape index (κ1) is 15.4. The van der Waals surface area contributed by atoms with E-state index in [2.05, 4.69) is 45.1 Å². The zero-order valence-electron chi connectivity index (χ0n) is 12.6. The van der Waals surface area contributed by atoms with Gasteiger partial charge < -0.3 is 15.1 Å². The monoisotopic (exact) mass is 255 g/mol. The van der Waals surface area contributed by atoms with E-state index in [0.717, 1.165) is 32.5 Å². The second-order valence-corrected chi connectivity index (χ2v) is 5.73. The van der Waals surface area contributed by atoms with Crippen LogP contribution in [0.3, 0.4) is 0 Å². The second-order valence-electron chi connectivity index (χ2n) is 5.73. The molecule has 3 atom stereocenters. The van der Waals surface area contributed by atoms with E-state index in [1.807, 2.05) is 4.90 Å². The van der Waals surface area contributed by atoms with Gasteiger partial charge in [0.25, 0.3) is 0 Å². The Labute approximate surface area is 112 Å². The lowest BCUT2D eigenvalue weighted by Gasteiger charge is -2.37. The minimum Gasteiger partial charge on any atom is -0.339 e. The molecule has 1 rings (SSSR count). The van der Waals surface area contributed by atoms with Crippen molar-refractivity contribution < 1.29 is 4.79 Å². The summed E-state index contributed by atoms with van der Waals surface area (Å²) in [5.41, 5.74) is 0. The van der Waals surface area contributed by atoms with Crippen molar-refractivity contribution in [3.8, 4) is 0 Å². The third kappa shape index (κ3) is 3.95. The molecule has 0 radical (unpaired) electrons. The van der Waals surface area contributed by atoms with Gasteiger partial charge in [0.2, 0.25) is 5.91 Å². The van der Waals surface area contributed by atoms with Gasteiger partial charge in [0.1, 0.15) is 0 Å². The highest BCUT2D eigenvalue weighted by atomic mass is 16.2. The summed E-state index contributed by atoms with van der Waals surface area (Å²) >= 11 is 0. The molecule has 0 aromatic heterocycles. The molecular formula is C14H29N3O. The van der Waals surface area contributed by atoms with Crippen LogP contribution in [0.2, 0.25) is 0 Å². The number of carbonyl (C=O) groups excluding carboxylic acids is 1. The third-order valence-corrected chi connectivity index (χ3v) is 3.86. The van der Waals surface area contributed by atoms with Crippen LogP contribution in [0.4, 0.5) is 0 Å². The minimum atomic E-state index is 0.156. The number of piperidine rings is 1. The van der Waals surface area contributed by atoms with E-state index in [1.165, 1.54) is 0 Å². The Morgan fingerprint density at radius 3 is 2.61 bits per heavy atom. The lowest BCUT2D eigenvalue weighted by Crippen LogP contribution is -2.52. The summed E-state index contributed by atoms with van der Waals surface area (Å²) in [6.07, 6.45) is 2.14. The number of amides is 1. The molecular weight excluding hydrogens is 226 g/mol. The topological polar surface area (TPSA) is 35.6 Å². The van der Waals surface area contributed by atoms with Gasteiger partial charge in [-0.25, -0.2) is 0 Å². The summed E-state index contributed by atoms with van der Waals surface area (Å²) in [6.45, 7) is 9.12. The normalized spacial score (nSPS) is 26.1. The van der Waals surface area contributed by atoms with Gasteiger partial charge in [0.15, 0.2) is 0 Å². The van der Waals surface area contributed by atoms with Crippen molar-refractivity contribution in [2.75, 3.05) is 33.7 Å². The first-order chi connectivity index (χ1) is 8.47. The Kier molecular flexibility index (Phi) is 6.09. The predicted molar refractivity (Wildman–Crippen MR) is 75.6 cm³/mol. The van der Waals surface area contributed by atoms with Gasteiger partial charge in [-0.15, -0.1) is 0 Å². The van der Waals surface area contributed by atoms with Gasteiger partial charge in [-0.2, -0.15) is 0 Å². The smallest absolute Gasteiger partial charge is 0.227 e. The highest BCUT2D eigenvalue weighted by Crippen LogP contribution is 2.20. The van der Waals surface area contributed by atoms with Crippen LogP contribution in [-0.2, 0) is 4.79 Å². The van der Waals surface area contributed by atoms with E-state index in [9.17, 15) is 4.79 Å². The fourth-order valence-corrected chi connectivity index (χ4v) is 2.91. The standard InChI is InChI=1S/C14H29N3O/c1-6-17(11(2)10-16(4)5)14(18)13-8-7-9-15-12(13)3/h11-13,15H,6-10H2,1-5H3. The maximum atomic E-state index is 12.6. The van der Waals surface area contributed by atoms with Crippen molar-refractivity contribution in [3.05, 3.63) is 0 Å². The molecule has 0 bridgehead atoms. The fourth-order valence-electron chi connectivity index (χ4n) is 2.91. The first-order valence-electron chi connectivity index (χ1n) is 7.16. The van der Waals surface area contributed by atoms with E-state index >= 15 is 0 Å². The highest BCUT2D eigenvalue weighted by molar-refractivity contribution is 5.80. The molecule has 18 heavy (non-hydrogen) atoms. The van der Waals surface area contributed by atoms with Crippen LogP contribution in [-0.4, -0.2) is 61.5 Å². The molecule has 1 amide bonds. The van der Waals surface area contributed by atoms with Crippen LogP contribution in [0.1, 0.15) is 33.6 Å². The zero-order chi connectivity index (χ0) is 13.7. The molecule has 1 saturated heterocycles. The molecule has 0 saturated carbocycles. The van der Waals surface area contributed by atoms with E-state index < -0.39 is 0 Å². The highest BCUT2D eigenvalue weighted by Gasteiger charge is 2.32. The molecule has 0 spiro atoms. The van der Waals surface area contributed by atoms with Crippen molar-refractivity contribution in [2.24, 2.45) is 5.92 Å². The van der Waals surface area contributed by atoms with E-state index in [-0.39, 0.29) is 12.0 Å². The number of likely N-dealkylation sites (N-methyl/N-ethyl adjacent to an activating group) is 2. The van der Waals surface area contributed by atoms with Crippen LogP contribution in [0, 0.1) is 5.92 Å². The summed E-state index contributed by atoms with van der Waals surface area (Å²) in [7, 11) is 4.11. The molecule has 1 aliphatic heterocycles. The second kappa shape index (κ2) is 7.10. The summed E-state index contributed by atoms with van der Waals surface area (Å²) in [5, 5.41) is 3.41. The van der Waals surface area contributed by atoms with Crippen molar-refractivity contribution in [1.82, 2.24) is 15.1 Å². The number of nitrogens with one attached hydrogen (secondary N) is 1. The lowest BCUT2D eigenvalue weighted by atomic mass is 9.90. The van der Waals surface area contributed by atoms with Crippen LogP contribution in [0.15, 0.2) is 0 Å². The van der Waals surface area contributed by atoms with Crippen molar-refractivity contribution in [3.63, 3.8) is 0 Å². The molecule has 106 valence electrons. The SMILES string of the molecule is CCN(C(=O)C1CCCNC1C)C(C)CN(C)C. The van der Waals surface area contributed by atoms with Crippen molar-refractivity contribution in [1.29, 1.82) is 0 Å². The quantitative estimate of drug-likeness (QED) is 0.801. The largest absolute Gasteiger partial charge is 0.339 e. The number of hydrogen-bond donors (Lipinski definition) is 1. The molecule has 1 heterocycles. The lowest BCUT2D eigenvalue weighted by molar-refractivity contribution is -0.139. The summed E-state index contributed by atoms with van der Waals surface area (Å²) < 4.78 is 0. The van der Waals surface area contributed by atoms with Crippen LogP contribution in [0.25, 0.3) is 0 Å². The van der Waals surface area contributed by atoms with Crippen LogP contribution >= 0.6 is 0 Å². The van der Waals surface area contributed by atoms with Gasteiger partial charge in [0, 0.05) is 25.2 Å². The van der Waals surface area contributed by atoms with Crippen molar-refractivity contribution in [2.45, 2.75) is 45.7 Å². The molecule has 0 aromatic rings. The van der Waals surface area contributed by atoms with Gasteiger partial charge in [-0.1, -0.05) is 0 Å². The number of hydrogen-bond acceptors (Lipinski definition) is 3. The molecule has 1 N–H and O–H groups in total. The summed E-state index contributed by atoms with van der Waals surface area (Å²) in [4.78, 5) is 16.8.